The summed E-state index contributed by atoms with van der Waals surface area (Å²) in [4.78, 5) is 4.50. The van der Waals surface area contributed by atoms with E-state index in [-0.39, 0.29) is 12.8 Å². The molecular weight excluding hydrogens is 246 g/mol. The van der Waals surface area contributed by atoms with Gasteiger partial charge in [-0.3, -0.25) is 5.43 Å². The number of aliphatic imine (C=N–C) groups is 1. The molecule has 0 saturated carbocycles. The van der Waals surface area contributed by atoms with Gasteiger partial charge in [0, 0.05) is 17.5 Å². The monoisotopic (exact) mass is 275 g/mol. The maximum absolute atomic E-state index is 4.50. The minimum absolute atomic E-state index is 0. The first-order chi connectivity index (χ1) is 8.97. The zero-order chi connectivity index (χ0) is 14.5. The van der Waals surface area contributed by atoms with Crippen LogP contribution in [0.15, 0.2) is 34.4 Å². The molecule has 0 atom stereocenters. The van der Waals surface area contributed by atoms with E-state index in [1.165, 1.54) is 5.56 Å². The molecule has 0 radical (unpaired) electrons. The highest BCUT2D eigenvalue weighted by Crippen LogP contribution is 2.25. The number of hydrogen-bond donors (Lipinski definition) is 1. The highest BCUT2D eigenvalue weighted by atomic mass is 15.3. The van der Waals surface area contributed by atoms with Crippen molar-refractivity contribution in [3.8, 4) is 0 Å². The van der Waals surface area contributed by atoms with E-state index in [9.17, 15) is 0 Å². The van der Waals surface area contributed by atoms with E-state index in [4.69, 9.17) is 0 Å². The Labute approximate surface area is 124 Å². The topological polar surface area (TPSA) is 36.8 Å². The lowest BCUT2D eigenvalue weighted by atomic mass is 9.91. The van der Waals surface area contributed by atoms with Crippen molar-refractivity contribution < 1.29 is 0 Å². The van der Waals surface area contributed by atoms with Gasteiger partial charge in [-0.25, -0.2) is 4.99 Å². The minimum Gasteiger partial charge on any atom is -0.265 e. The van der Waals surface area contributed by atoms with Gasteiger partial charge in [-0.1, -0.05) is 60.2 Å². The van der Waals surface area contributed by atoms with Crippen molar-refractivity contribution in [2.24, 2.45) is 15.5 Å². The van der Waals surface area contributed by atoms with Gasteiger partial charge in [-0.2, -0.15) is 5.10 Å². The molecular formula is C17H29N3. The number of hydrazone groups is 1. The summed E-state index contributed by atoms with van der Waals surface area (Å²) >= 11 is 0. The van der Waals surface area contributed by atoms with Gasteiger partial charge >= 0.3 is 0 Å². The Balaban J connectivity index is 0.00000115. The van der Waals surface area contributed by atoms with Crippen molar-refractivity contribution in [3.05, 3.63) is 29.8 Å². The molecule has 1 aromatic rings. The van der Waals surface area contributed by atoms with Crippen molar-refractivity contribution in [1.82, 2.24) is 5.43 Å². The molecule has 0 spiro atoms. The number of rotatable bonds is 1. The first-order valence-electron chi connectivity index (χ1n) is 6.93. The second-order valence-corrected chi connectivity index (χ2v) is 5.42. The van der Waals surface area contributed by atoms with E-state index in [2.05, 4.69) is 42.4 Å². The molecule has 1 aliphatic rings. The molecule has 0 saturated heterocycles. The standard InChI is InChI=1S/C14H19N3.C2H6.CH4/c1-10(14(2,3)4)16-17-13-9-11-7-5-6-8-12(11)15-13;1-2;/h5-8H,9H2,1-4H3,(H,15,17);1-2H3;1H4/b16-10-;;. The predicted octanol–water partition coefficient (Wildman–Crippen LogP) is 4.95. The maximum atomic E-state index is 4.50. The lowest BCUT2D eigenvalue weighted by molar-refractivity contribution is 0.583. The van der Waals surface area contributed by atoms with Crippen LogP contribution < -0.4 is 5.43 Å². The van der Waals surface area contributed by atoms with Crippen LogP contribution >= 0.6 is 0 Å². The number of nitrogens with one attached hydrogen (secondary N) is 1. The molecule has 1 N–H and O–H groups in total. The molecule has 20 heavy (non-hydrogen) atoms. The molecule has 1 heterocycles. The van der Waals surface area contributed by atoms with Crippen molar-refractivity contribution in [1.29, 1.82) is 0 Å². The summed E-state index contributed by atoms with van der Waals surface area (Å²) in [5.41, 5.74) is 6.57. The Bertz CT molecular complexity index is 479. The molecule has 112 valence electrons. The summed E-state index contributed by atoms with van der Waals surface area (Å²) in [6.45, 7) is 12.5. The molecule has 1 aliphatic heterocycles. The quantitative estimate of drug-likeness (QED) is 0.571. The molecule has 3 heteroatoms. The van der Waals surface area contributed by atoms with Crippen molar-refractivity contribution in [2.45, 2.75) is 55.4 Å². The van der Waals surface area contributed by atoms with Crippen molar-refractivity contribution >= 4 is 17.2 Å². The van der Waals surface area contributed by atoms with Crippen LogP contribution in [0.5, 0.6) is 0 Å². The lowest BCUT2D eigenvalue weighted by Gasteiger charge is -2.17. The van der Waals surface area contributed by atoms with E-state index in [0.717, 1.165) is 23.7 Å². The van der Waals surface area contributed by atoms with Crippen molar-refractivity contribution in [2.75, 3.05) is 0 Å². The zero-order valence-electron chi connectivity index (χ0n) is 12.9. The molecule has 0 bridgehead atoms. The van der Waals surface area contributed by atoms with Crippen LogP contribution in [0.2, 0.25) is 0 Å². The fourth-order valence-corrected chi connectivity index (χ4v) is 1.52. The van der Waals surface area contributed by atoms with E-state index < -0.39 is 0 Å². The van der Waals surface area contributed by atoms with E-state index >= 15 is 0 Å². The molecule has 0 unspecified atom stereocenters. The van der Waals surface area contributed by atoms with Gasteiger partial charge in [0.15, 0.2) is 0 Å². The normalized spacial score (nSPS) is 13.5. The SMILES string of the molecule is C.C/C(=N/NC1=Nc2ccccc2C1)C(C)(C)C.CC. The van der Waals surface area contributed by atoms with Crippen LogP contribution in [0.1, 0.15) is 54.5 Å². The first-order valence-corrected chi connectivity index (χ1v) is 6.93. The molecule has 0 amide bonds. The third-order valence-electron chi connectivity index (χ3n) is 3.04. The van der Waals surface area contributed by atoms with Gasteiger partial charge in [-0.15, -0.1) is 0 Å². The number of para-hydroxylation sites is 1. The predicted molar refractivity (Wildman–Crippen MR) is 91.0 cm³/mol. The van der Waals surface area contributed by atoms with Gasteiger partial charge in [0.05, 0.1) is 5.69 Å². The summed E-state index contributed by atoms with van der Waals surface area (Å²) in [6, 6.07) is 8.19. The van der Waals surface area contributed by atoms with Crippen LogP contribution in [-0.2, 0) is 6.42 Å². The maximum Gasteiger partial charge on any atom is 0.127 e. The molecule has 0 aliphatic carbocycles. The van der Waals surface area contributed by atoms with Gasteiger partial charge < -0.3 is 0 Å². The second kappa shape index (κ2) is 7.83. The number of amidine groups is 1. The summed E-state index contributed by atoms with van der Waals surface area (Å²) in [5, 5.41) is 4.40. The Kier molecular flexibility index (Phi) is 7.19. The molecule has 0 fully saturated rings. The first kappa shape index (κ1) is 18.4. The smallest absolute Gasteiger partial charge is 0.127 e. The summed E-state index contributed by atoms with van der Waals surface area (Å²) in [6.07, 6.45) is 0.844. The largest absolute Gasteiger partial charge is 0.265 e. The zero-order valence-corrected chi connectivity index (χ0v) is 12.9. The van der Waals surface area contributed by atoms with Gasteiger partial charge in [0.1, 0.15) is 5.84 Å². The van der Waals surface area contributed by atoms with Gasteiger partial charge in [-0.05, 0) is 18.6 Å². The molecule has 0 aromatic heterocycles. The van der Waals surface area contributed by atoms with E-state index in [0.29, 0.717) is 0 Å². The summed E-state index contributed by atoms with van der Waals surface area (Å²) in [5.74, 6) is 0.926. The number of nitrogens with zero attached hydrogens (tertiary/aromatic N) is 2. The fraction of sp³-hybridized carbons (Fsp3) is 0.529. The highest BCUT2D eigenvalue weighted by molar-refractivity contribution is 5.94. The second-order valence-electron chi connectivity index (χ2n) is 5.42. The van der Waals surface area contributed by atoms with Crippen LogP contribution in [-0.4, -0.2) is 11.5 Å². The van der Waals surface area contributed by atoms with Crippen molar-refractivity contribution in [3.63, 3.8) is 0 Å². The summed E-state index contributed by atoms with van der Waals surface area (Å²) < 4.78 is 0. The van der Waals surface area contributed by atoms with Crippen LogP contribution in [0, 0.1) is 5.41 Å². The Morgan fingerprint density at radius 1 is 1.20 bits per heavy atom. The van der Waals surface area contributed by atoms with E-state index in [1.807, 2.05) is 39.0 Å². The van der Waals surface area contributed by atoms with Crippen LogP contribution in [0.25, 0.3) is 0 Å². The Morgan fingerprint density at radius 2 is 1.80 bits per heavy atom. The Morgan fingerprint density at radius 3 is 2.35 bits per heavy atom. The molecule has 1 aromatic carbocycles. The molecule has 2 rings (SSSR count). The van der Waals surface area contributed by atoms with Gasteiger partial charge in [0.2, 0.25) is 0 Å². The Hall–Kier alpha value is -1.64. The average Bonchev–Trinajstić information content (AvgIpc) is 2.79. The highest BCUT2D eigenvalue weighted by Gasteiger charge is 2.16. The number of hydrogen-bond acceptors (Lipinski definition) is 3. The van der Waals surface area contributed by atoms with Gasteiger partial charge in [0.25, 0.3) is 0 Å². The van der Waals surface area contributed by atoms with E-state index in [1.54, 1.807) is 0 Å². The third kappa shape index (κ3) is 4.80. The summed E-state index contributed by atoms with van der Waals surface area (Å²) in [7, 11) is 0. The minimum atomic E-state index is 0. The fourth-order valence-electron chi connectivity index (χ4n) is 1.52. The third-order valence-corrected chi connectivity index (χ3v) is 3.04. The lowest BCUT2D eigenvalue weighted by Crippen LogP contribution is -2.24. The average molecular weight is 275 g/mol. The van der Waals surface area contributed by atoms with Crippen LogP contribution in [0.3, 0.4) is 0 Å². The number of fused-ring (bicyclic) bond motifs is 1. The van der Waals surface area contributed by atoms with Crippen LogP contribution in [0.4, 0.5) is 5.69 Å². The number of benzene rings is 1. The molecule has 3 nitrogen and oxygen atoms in total.